The molecule has 5 nitrogen and oxygen atoms in total. The maximum Gasteiger partial charge on any atom is 0.241 e. The minimum absolute atomic E-state index is 0.147. The molecule has 0 radical (unpaired) electrons. The zero-order chi connectivity index (χ0) is 14.5. The van der Waals surface area contributed by atoms with Gasteiger partial charge in [0.1, 0.15) is 0 Å². The van der Waals surface area contributed by atoms with Crippen LogP contribution < -0.4 is 4.72 Å². The van der Waals surface area contributed by atoms with E-state index in [2.05, 4.69) is 20.7 Å². The van der Waals surface area contributed by atoms with E-state index < -0.39 is 10.0 Å². The van der Waals surface area contributed by atoms with Crippen LogP contribution in [-0.2, 0) is 21.4 Å². The first-order valence-electron chi connectivity index (χ1n) is 5.81. The summed E-state index contributed by atoms with van der Waals surface area (Å²) >= 11 is 3.28. The lowest BCUT2D eigenvalue weighted by molar-refractivity contribution is 0.196. The lowest BCUT2D eigenvalue weighted by Crippen LogP contribution is -2.26. The van der Waals surface area contributed by atoms with E-state index in [4.69, 9.17) is 9.84 Å². The lowest BCUT2D eigenvalue weighted by Gasteiger charge is -2.11. The summed E-state index contributed by atoms with van der Waals surface area (Å²) in [5.74, 6) is 0. The smallest absolute Gasteiger partial charge is 0.241 e. The SMILES string of the molecule is COCCCNS(=O)(=O)c1cc(CO)cc(C)c1Br. The molecule has 0 spiro atoms. The van der Waals surface area contributed by atoms with Crippen molar-refractivity contribution in [2.45, 2.75) is 24.8 Å². The molecular weight excluding hydrogens is 334 g/mol. The number of sulfonamides is 1. The Hall–Kier alpha value is -0.470. The summed E-state index contributed by atoms with van der Waals surface area (Å²) in [5.41, 5.74) is 1.33. The Labute approximate surface area is 122 Å². The molecule has 1 rings (SSSR count). The van der Waals surface area contributed by atoms with Crippen LogP contribution >= 0.6 is 15.9 Å². The maximum absolute atomic E-state index is 12.2. The molecule has 0 fully saturated rings. The molecule has 19 heavy (non-hydrogen) atoms. The number of ether oxygens (including phenoxy) is 1. The van der Waals surface area contributed by atoms with Gasteiger partial charge in [0.05, 0.1) is 11.5 Å². The number of aliphatic hydroxyl groups excluding tert-OH is 1. The van der Waals surface area contributed by atoms with Gasteiger partial charge in [-0.05, 0) is 46.5 Å². The summed E-state index contributed by atoms with van der Waals surface area (Å²) in [6.07, 6.45) is 0.603. The molecule has 0 unspecified atom stereocenters. The highest BCUT2D eigenvalue weighted by atomic mass is 79.9. The fourth-order valence-electron chi connectivity index (χ4n) is 1.60. The average molecular weight is 352 g/mol. The summed E-state index contributed by atoms with van der Waals surface area (Å²) < 4.78 is 32.2. The molecular formula is C12H18BrNO4S. The number of aryl methyl sites for hydroxylation is 1. The standard InChI is InChI=1S/C12H18BrNO4S/c1-9-6-10(8-15)7-11(12(9)13)19(16,17)14-4-3-5-18-2/h6-7,14-15H,3-5,8H2,1-2H3. The number of aliphatic hydroxyl groups is 1. The summed E-state index contributed by atoms with van der Waals surface area (Å²) in [7, 11) is -2.02. The topological polar surface area (TPSA) is 75.6 Å². The van der Waals surface area contributed by atoms with Gasteiger partial charge in [-0.15, -0.1) is 0 Å². The first kappa shape index (κ1) is 16.6. The zero-order valence-electron chi connectivity index (χ0n) is 10.9. The number of nitrogens with one attached hydrogen (secondary N) is 1. The van der Waals surface area contributed by atoms with Crippen LogP contribution in [0, 0.1) is 6.92 Å². The fraction of sp³-hybridized carbons (Fsp3) is 0.500. The molecule has 0 aliphatic rings. The van der Waals surface area contributed by atoms with Crippen molar-refractivity contribution in [1.82, 2.24) is 4.72 Å². The van der Waals surface area contributed by atoms with Gasteiger partial charge in [-0.1, -0.05) is 6.07 Å². The maximum atomic E-state index is 12.2. The van der Waals surface area contributed by atoms with Crippen LogP contribution in [0.4, 0.5) is 0 Å². The van der Waals surface area contributed by atoms with Crippen LogP contribution in [0.1, 0.15) is 17.5 Å². The third-order valence-corrected chi connectivity index (χ3v) is 5.37. The zero-order valence-corrected chi connectivity index (χ0v) is 13.3. The van der Waals surface area contributed by atoms with Gasteiger partial charge in [-0.3, -0.25) is 0 Å². The number of hydrogen-bond donors (Lipinski definition) is 2. The molecule has 7 heteroatoms. The molecule has 108 valence electrons. The van der Waals surface area contributed by atoms with E-state index >= 15 is 0 Å². The predicted molar refractivity (Wildman–Crippen MR) is 76.5 cm³/mol. The van der Waals surface area contributed by atoms with Crippen molar-refractivity contribution >= 4 is 26.0 Å². The largest absolute Gasteiger partial charge is 0.392 e. The van der Waals surface area contributed by atoms with E-state index in [1.807, 2.05) is 0 Å². The number of benzene rings is 1. The van der Waals surface area contributed by atoms with Gasteiger partial charge in [0.2, 0.25) is 10.0 Å². The first-order chi connectivity index (χ1) is 8.92. The Kier molecular flexibility index (Phi) is 6.41. The summed E-state index contributed by atoms with van der Waals surface area (Å²) in [4.78, 5) is 0.147. The molecule has 0 bridgehead atoms. The summed E-state index contributed by atoms with van der Waals surface area (Å²) in [6, 6.07) is 3.21. The Morgan fingerprint density at radius 2 is 2.11 bits per heavy atom. The average Bonchev–Trinajstić information content (AvgIpc) is 2.37. The van der Waals surface area contributed by atoms with E-state index in [1.165, 1.54) is 6.07 Å². The number of halogens is 1. The Bertz CT molecular complexity index is 531. The molecule has 0 aliphatic carbocycles. The molecule has 0 aromatic heterocycles. The van der Waals surface area contributed by atoms with E-state index in [1.54, 1.807) is 20.1 Å². The monoisotopic (exact) mass is 351 g/mol. The Balaban J connectivity index is 2.97. The van der Waals surface area contributed by atoms with Crippen LogP contribution in [0.2, 0.25) is 0 Å². The second-order valence-corrected chi connectivity index (χ2v) is 6.66. The number of methoxy groups -OCH3 is 1. The van der Waals surface area contributed by atoms with Gasteiger partial charge in [-0.25, -0.2) is 13.1 Å². The second kappa shape index (κ2) is 7.35. The highest BCUT2D eigenvalue weighted by Crippen LogP contribution is 2.27. The molecule has 0 saturated heterocycles. The van der Waals surface area contributed by atoms with Gasteiger partial charge in [0.15, 0.2) is 0 Å². The van der Waals surface area contributed by atoms with Gasteiger partial charge in [0, 0.05) is 24.7 Å². The molecule has 1 aromatic carbocycles. The van der Waals surface area contributed by atoms with E-state index in [0.29, 0.717) is 29.6 Å². The third kappa shape index (κ3) is 4.54. The second-order valence-electron chi connectivity index (χ2n) is 4.13. The lowest BCUT2D eigenvalue weighted by atomic mass is 10.1. The van der Waals surface area contributed by atoms with Gasteiger partial charge >= 0.3 is 0 Å². The quantitative estimate of drug-likeness (QED) is 0.731. The van der Waals surface area contributed by atoms with E-state index in [9.17, 15) is 8.42 Å². The van der Waals surface area contributed by atoms with Crippen molar-refractivity contribution in [2.75, 3.05) is 20.3 Å². The van der Waals surface area contributed by atoms with Gasteiger partial charge < -0.3 is 9.84 Å². The van der Waals surface area contributed by atoms with Crippen molar-refractivity contribution in [1.29, 1.82) is 0 Å². The number of hydrogen-bond acceptors (Lipinski definition) is 4. The minimum Gasteiger partial charge on any atom is -0.392 e. The number of rotatable bonds is 7. The van der Waals surface area contributed by atoms with Crippen LogP contribution in [0.25, 0.3) is 0 Å². The van der Waals surface area contributed by atoms with Crippen molar-refractivity contribution < 1.29 is 18.3 Å². The summed E-state index contributed by atoms with van der Waals surface area (Å²) in [6.45, 7) is 2.40. The Morgan fingerprint density at radius 1 is 1.42 bits per heavy atom. The Morgan fingerprint density at radius 3 is 2.68 bits per heavy atom. The van der Waals surface area contributed by atoms with Crippen LogP contribution in [-0.4, -0.2) is 33.8 Å². The molecule has 1 aromatic rings. The third-order valence-electron chi connectivity index (χ3n) is 2.57. The van der Waals surface area contributed by atoms with Crippen molar-refractivity contribution in [2.24, 2.45) is 0 Å². The van der Waals surface area contributed by atoms with Gasteiger partial charge in [0.25, 0.3) is 0 Å². The van der Waals surface area contributed by atoms with E-state index in [-0.39, 0.29) is 11.5 Å². The molecule has 0 aliphatic heterocycles. The normalized spacial score (nSPS) is 11.8. The van der Waals surface area contributed by atoms with E-state index in [0.717, 1.165) is 5.56 Å². The molecule has 0 saturated carbocycles. The summed E-state index contributed by atoms with van der Waals surface area (Å²) in [5, 5.41) is 9.14. The molecule has 0 atom stereocenters. The highest BCUT2D eigenvalue weighted by Gasteiger charge is 2.19. The van der Waals surface area contributed by atoms with Gasteiger partial charge in [-0.2, -0.15) is 0 Å². The van der Waals surface area contributed by atoms with Crippen LogP contribution in [0.3, 0.4) is 0 Å². The highest BCUT2D eigenvalue weighted by molar-refractivity contribution is 9.10. The minimum atomic E-state index is -3.59. The first-order valence-corrected chi connectivity index (χ1v) is 8.08. The van der Waals surface area contributed by atoms with Crippen LogP contribution in [0.15, 0.2) is 21.5 Å². The van der Waals surface area contributed by atoms with Crippen molar-refractivity contribution in [3.8, 4) is 0 Å². The fourth-order valence-corrected chi connectivity index (χ4v) is 3.74. The molecule has 0 heterocycles. The van der Waals surface area contributed by atoms with Crippen LogP contribution in [0.5, 0.6) is 0 Å². The molecule has 0 amide bonds. The van der Waals surface area contributed by atoms with Crippen molar-refractivity contribution in [3.63, 3.8) is 0 Å². The molecule has 2 N–H and O–H groups in total. The van der Waals surface area contributed by atoms with Crippen molar-refractivity contribution in [3.05, 3.63) is 27.7 Å². The predicted octanol–water partition coefficient (Wildman–Crippen LogP) is 1.56.